The fourth-order valence-electron chi connectivity index (χ4n) is 3.48. The third-order valence-corrected chi connectivity index (χ3v) is 6.09. The maximum absolute atomic E-state index is 13.0. The van der Waals surface area contributed by atoms with Crippen LogP contribution in [-0.2, 0) is 18.3 Å². The summed E-state index contributed by atoms with van der Waals surface area (Å²) in [6.07, 6.45) is 0.904. The van der Waals surface area contributed by atoms with Gasteiger partial charge in [-0.15, -0.1) is 10.2 Å². The number of rotatable bonds is 5. The van der Waals surface area contributed by atoms with E-state index in [1.54, 1.807) is 7.11 Å². The SMILES string of the molecule is COc1ccccc1-c1nnc(SC(C)C(=O)N2CCc3ccccc32)n1C. The summed E-state index contributed by atoms with van der Waals surface area (Å²) in [5.74, 6) is 1.55. The number of amides is 1. The second-order valence-corrected chi connectivity index (χ2v) is 8.00. The van der Waals surface area contributed by atoms with Crippen molar-refractivity contribution in [2.45, 2.75) is 23.8 Å². The lowest BCUT2D eigenvalue weighted by Crippen LogP contribution is -2.35. The molecule has 0 saturated heterocycles. The average Bonchev–Trinajstić information content (AvgIpc) is 3.31. The summed E-state index contributed by atoms with van der Waals surface area (Å²) >= 11 is 1.43. The Bertz CT molecular complexity index is 1020. The Morgan fingerprint density at radius 2 is 1.89 bits per heavy atom. The molecule has 0 bridgehead atoms. The maximum Gasteiger partial charge on any atom is 0.240 e. The molecule has 0 aliphatic carbocycles. The van der Waals surface area contributed by atoms with Crippen molar-refractivity contribution in [3.63, 3.8) is 0 Å². The van der Waals surface area contributed by atoms with Gasteiger partial charge in [0.25, 0.3) is 0 Å². The first kappa shape index (κ1) is 18.6. The molecule has 1 aromatic heterocycles. The second-order valence-electron chi connectivity index (χ2n) is 6.69. The molecule has 1 atom stereocenters. The number of aromatic nitrogens is 3. The first-order chi connectivity index (χ1) is 13.6. The van der Waals surface area contributed by atoms with E-state index in [9.17, 15) is 4.79 Å². The van der Waals surface area contributed by atoms with Gasteiger partial charge in [-0.1, -0.05) is 42.1 Å². The van der Waals surface area contributed by atoms with Crippen LogP contribution in [0.4, 0.5) is 5.69 Å². The van der Waals surface area contributed by atoms with E-state index in [-0.39, 0.29) is 11.2 Å². The minimum Gasteiger partial charge on any atom is -0.496 e. The number of carbonyl (C=O) groups is 1. The number of fused-ring (bicyclic) bond motifs is 1. The fourth-order valence-corrected chi connectivity index (χ4v) is 4.35. The van der Waals surface area contributed by atoms with E-state index in [4.69, 9.17) is 4.74 Å². The van der Waals surface area contributed by atoms with Crippen molar-refractivity contribution < 1.29 is 9.53 Å². The highest BCUT2D eigenvalue weighted by Crippen LogP contribution is 2.33. The third-order valence-electron chi connectivity index (χ3n) is 4.97. The zero-order valence-electron chi connectivity index (χ0n) is 16.1. The first-order valence-corrected chi connectivity index (χ1v) is 10.1. The molecule has 6 nitrogen and oxygen atoms in total. The zero-order valence-corrected chi connectivity index (χ0v) is 16.9. The van der Waals surface area contributed by atoms with Crippen LogP contribution in [0.1, 0.15) is 12.5 Å². The van der Waals surface area contributed by atoms with Gasteiger partial charge in [0.1, 0.15) is 5.75 Å². The Labute approximate surface area is 168 Å². The lowest BCUT2D eigenvalue weighted by molar-refractivity contribution is -0.117. The van der Waals surface area contributed by atoms with Crippen LogP contribution in [0.2, 0.25) is 0 Å². The van der Waals surface area contributed by atoms with Crippen LogP contribution in [0.25, 0.3) is 11.4 Å². The summed E-state index contributed by atoms with van der Waals surface area (Å²) in [7, 11) is 3.55. The highest BCUT2D eigenvalue weighted by molar-refractivity contribution is 8.00. The number of hydrogen-bond acceptors (Lipinski definition) is 5. The van der Waals surface area contributed by atoms with Gasteiger partial charge >= 0.3 is 0 Å². The number of ether oxygens (including phenoxy) is 1. The Morgan fingerprint density at radius 1 is 1.14 bits per heavy atom. The van der Waals surface area contributed by atoms with Crippen molar-refractivity contribution in [1.29, 1.82) is 0 Å². The first-order valence-electron chi connectivity index (χ1n) is 9.19. The predicted octanol–water partition coefficient (Wildman–Crippen LogP) is 3.56. The topological polar surface area (TPSA) is 60.3 Å². The molecule has 0 saturated carbocycles. The van der Waals surface area contributed by atoms with E-state index in [1.165, 1.54) is 17.3 Å². The monoisotopic (exact) mass is 394 g/mol. The van der Waals surface area contributed by atoms with Crippen LogP contribution >= 0.6 is 11.8 Å². The minimum atomic E-state index is -0.264. The van der Waals surface area contributed by atoms with Gasteiger partial charge in [-0.25, -0.2) is 0 Å². The fraction of sp³-hybridized carbons (Fsp3) is 0.286. The molecule has 144 valence electrons. The molecule has 2 heterocycles. The van der Waals surface area contributed by atoms with Crippen molar-refractivity contribution >= 4 is 23.4 Å². The van der Waals surface area contributed by atoms with Gasteiger partial charge in [-0.05, 0) is 37.1 Å². The lowest BCUT2D eigenvalue weighted by atomic mass is 10.2. The van der Waals surface area contributed by atoms with Gasteiger partial charge in [0.2, 0.25) is 5.91 Å². The van der Waals surface area contributed by atoms with E-state index < -0.39 is 0 Å². The van der Waals surface area contributed by atoms with Gasteiger partial charge in [0, 0.05) is 19.3 Å². The van der Waals surface area contributed by atoms with Gasteiger partial charge in [-0.3, -0.25) is 4.79 Å². The number of anilines is 1. The summed E-state index contributed by atoms with van der Waals surface area (Å²) in [6.45, 7) is 2.65. The number of hydrogen-bond donors (Lipinski definition) is 0. The van der Waals surface area contributed by atoms with E-state index >= 15 is 0 Å². The van der Waals surface area contributed by atoms with Crippen LogP contribution in [0, 0.1) is 0 Å². The molecule has 1 amide bonds. The number of nitrogens with zero attached hydrogens (tertiary/aromatic N) is 4. The van der Waals surface area contributed by atoms with Crippen LogP contribution in [0.5, 0.6) is 5.75 Å². The summed E-state index contributed by atoms with van der Waals surface area (Å²) in [5, 5.41) is 9.08. The van der Waals surface area contributed by atoms with Crippen LogP contribution in [0.15, 0.2) is 53.7 Å². The number of para-hydroxylation sites is 2. The molecule has 1 aliphatic rings. The number of benzene rings is 2. The molecule has 7 heteroatoms. The van der Waals surface area contributed by atoms with Crippen LogP contribution in [-0.4, -0.2) is 39.6 Å². The average molecular weight is 395 g/mol. The molecule has 0 fully saturated rings. The molecule has 2 aromatic carbocycles. The third kappa shape index (κ3) is 3.26. The maximum atomic E-state index is 13.0. The van der Waals surface area contributed by atoms with E-state index in [0.29, 0.717) is 11.0 Å². The van der Waals surface area contributed by atoms with E-state index in [1.807, 2.05) is 65.9 Å². The Balaban J connectivity index is 1.54. The smallest absolute Gasteiger partial charge is 0.240 e. The molecule has 3 aromatic rings. The molecule has 0 radical (unpaired) electrons. The highest BCUT2D eigenvalue weighted by atomic mass is 32.2. The largest absolute Gasteiger partial charge is 0.496 e. The quantitative estimate of drug-likeness (QED) is 0.619. The van der Waals surface area contributed by atoms with Crippen molar-refractivity contribution in [3.05, 3.63) is 54.1 Å². The van der Waals surface area contributed by atoms with E-state index in [2.05, 4.69) is 16.3 Å². The van der Waals surface area contributed by atoms with Crippen LogP contribution < -0.4 is 9.64 Å². The summed E-state index contributed by atoms with van der Waals surface area (Å²) < 4.78 is 7.34. The van der Waals surface area contributed by atoms with Gasteiger partial charge < -0.3 is 14.2 Å². The van der Waals surface area contributed by atoms with E-state index in [0.717, 1.165) is 30.0 Å². The second kappa shape index (κ2) is 7.67. The predicted molar refractivity (Wildman–Crippen MR) is 111 cm³/mol. The van der Waals surface area contributed by atoms with Crippen molar-refractivity contribution in [2.75, 3.05) is 18.6 Å². The summed E-state index contributed by atoms with van der Waals surface area (Å²) in [6, 6.07) is 15.8. The molecule has 28 heavy (non-hydrogen) atoms. The minimum absolute atomic E-state index is 0.0943. The lowest BCUT2D eigenvalue weighted by Gasteiger charge is -2.21. The van der Waals surface area contributed by atoms with Gasteiger partial charge in [0.15, 0.2) is 11.0 Å². The van der Waals surface area contributed by atoms with Crippen LogP contribution in [0.3, 0.4) is 0 Å². The number of thioether (sulfide) groups is 1. The standard InChI is InChI=1S/C21H22N4O2S/c1-14(20(26)25-13-12-15-8-4-6-10-17(15)25)28-21-23-22-19(24(21)2)16-9-5-7-11-18(16)27-3/h4-11,14H,12-13H2,1-3H3. The molecule has 1 aliphatic heterocycles. The molecule has 0 spiro atoms. The summed E-state index contributed by atoms with van der Waals surface area (Å²) in [5.41, 5.74) is 3.12. The highest BCUT2D eigenvalue weighted by Gasteiger charge is 2.29. The van der Waals surface area contributed by atoms with Crippen molar-refractivity contribution in [3.8, 4) is 17.1 Å². The number of methoxy groups -OCH3 is 1. The Hall–Kier alpha value is -2.80. The number of carbonyl (C=O) groups excluding carboxylic acids is 1. The molecule has 4 rings (SSSR count). The van der Waals surface area contributed by atoms with Gasteiger partial charge in [-0.2, -0.15) is 0 Å². The van der Waals surface area contributed by atoms with Gasteiger partial charge in [0.05, 0.1) is 17.9 Å². The zero-order chi connectivity index (χ0) is 19.7. The molecule has 0 N–H and O–H groups in total. The van der Waals surface area contributed by atoms with Crippen molar-refractivity contribution in [1.82, 2.24) is 14.8 Å². The molecular weight excluding hydrogens is 372 g/mol. The normalized spacial score (nSPS) is 14.0. The van der Waals surface area contributed by atoms with Crippen molar-refractivity contribution in [2.24, 2.45) is 7.05 Å². The Morgan fingerprint density at radius 3 is 2.71 bits per heavy atom. The Kier molecular flexibility index (Phi) is 5.09. The summed E-state index contributed by atoms with van der Waals surface area (Å²) in [4.78, 5) is 14.9. The molecule has 1 unspecified atom stereocenters. The molecular formula is C21H22N4O2S.